The van der Waals surface area contributed by atoms with Gasteiger partial charge < -0.3 is 30.6 Å². The van der Waals surface area contributed by atoms with Crippen LogP contribution in [0.5, 0.6) is 0 Å². The third kappa shape index (κ3) is 13.7. The monoisotopic (exact) mass is 1090 g/mol. The van der Waals surface area contributed by atoms with Gasteiger partial charge in [0.1, 0.15) is 42.3 Å². The first-order chi connectivity index (χ1) is 38.0. The minimum atomic E-state index is -1.16. The molecule has 0 radical (unpaired) electrons. The van der Waals surface area contributed by atoms with E-state index in [0.717, 1.165) is 124 Å². The Morgan fingerprint density at radius 1 is 0.848 bits per heavy atom. The second kappa shape index (κ2) is 26.0. The summed E-state index contributed by atoms with van der Waals surface area (Å²) in [5.41, 5.74) is 5.72. The van der Waals surface area contributed by atoms with Crippen molar-refractivity contribution in [3.63, 3.8) is 0 Å². The maximum Gasteiger partial charge on any atom is 0.264 e. The molecule has 3 fully saturated rings. The second-order valence-corrected chi connectivity index (χ2v) is 23.9. The minimum Gasteiger partial charge on any atom is -0.387 e. The van der Waals surface area contributed by atoms with Gasteiger partial charge in [0, 0.05) is 63.1 Å². The van der Waals surface area contributed by atoms with Crippen LogP contribution < -0.4 is 16.0 Å². The third-order valence-corrected chi connectivity index (χ3v) is 16.7. The van der Waals surface area contributed by atoms with Gasteiger partial charge in [0.15, 0.2) is 23.2 Å². The summed E-state index contributed by atoms with van der Waals surface area (Å²) in [5, 5.41) is 31.6. The number of aliphatic hydroxyl groups excluding tert-OH is 2. The molecule has 0 spiro atoms. The quantitative estimate of drug-likeness (QED) is 0.0194. The number of carbonyl (C=O) groups is 5. The average molecular weight is 1090 g/mol. The van der Waals surface area contributed by atoms with Crippen LogP contribution in [0.2, 0.25) is 0 Å². The summed E-state index contributed by atoms with van der Waals surface area (Å²) in [4.78, 5) is 88.5. The number of anilines is 2. The van der Waals surface area contributed by atoms with Gasteiger partial charge in [0.2, 0.25) is 11.8 Å². The van der Waals surface area contributed by atoms with Crippen LogP contribution in [0.25, 0.3) is 22.2 Å². The van der Waals surface area contributed by atoms with E-state index in [9.17, 15) is 34.2 Å². The lowest BCUT2D eigenvalue weighted by Gasteiger charge is -2.46. The predicted octanol–water partition coefficient (Wildman–Crippen LogP) is 8.70. The number of aliphatic hydroxyl groups is 2. The lowest BCUT2D eigenvalue weighted by Crippen LogP contribution is -2.54. The number of carbonyl (C=O) groups excluding carboxylic acids is 5. The number of ketones is 1. The van der Waals surface area contributed by atoms with Gasteiger partial charge in [-0.3, -0.25) is 43.7 Å². The fourth-order valence-electron chi connectivity index (χ4n) is 12.0. The molecule has 2 saturated heterocycles. The maximum absolute atomic E-state index is 13.3. The van der Waals surface area contributed by atoms with Crippen LogP contribution in [0.4, 0.5) is 11.5 Å². The number of hydrogen-bond donors (Lipinski definition) is 6. The Bertz CT molecular complexity index is 2940. The summed E-state index contributed by atoms with van der Waals surface area (Å²) in [5.74, 6) is 0.530. The molecule has 4 aliphatic rings. The van der Waals surface area contributed by atoms with Gasteiger partial charge in [-0.2, -0.15) is 0 Å². The number of imidazole rings is 2. The van der Waals surface area contributed by atoms with E-state index in [1.807, 2.05) is 0 Å². The molecule has 4 amide bonds. The predicted molar refractivity (Wildman–Crippen MR) is 302 cm³/mol. The molecule has 1 aliphatic carbocycles. The molecule has 5 aromatic rings. The number of imide groups is 2. The molecule has 19 heteroatoms. The first-order valence-corrected chi connectivity index (χ1v) is 29.3. The van der Waals surface area contributed by atoms with Gasteiger partial charge >= 0.3 is 0 Å². The van der Waals surface area contributed by atoms with Crippen molar-refractivity contribution in [3.8, 4) is 0 Å². The number of amides is 4. The second-order valence-electron chi connectivity index (χ2n) is 23.9. The summed E-state index contributed by atoms with van der Waals surface area (Å²) in [6.07, 6.45) is 17.2. The molecule has 426 valence electrons. The number of rotatable bonds is 29. The molecule has 0 bridgehead atoms. The smallest absolute Gasteiger partial charge is 0.264 e. The highest BCUT2D eigenvalue weighted by Gasteiger charge is 2.48. The van der Waals surface area contributed by atoms with E-state index in [2.05, 4.69) is 93.6 Å². The Balaban J connectivity index is 0.606. The summed E-state index contributed by atoms with van der Waals surface area (Å²) in [6.45, 7) is 12.9. The molecule has 2 aromatic carbocycles. The van der Waals surface area contributed by atoms with Crippen molar-refractivity contribution >= 4 is 63.1 Å². The topological polar surface area (TPSA) is 250 Å². The molecule has 5 atom stereocenters. The molecular formula is C60H83N11O8. The summed E-state index contributed by atoms with van der Waals surface area (Å²) in [7, 11) is 0. The van der Waals surface area contributed by atoms with Gasteiger partial charge in [0.05, 0.1) is 28.5 Å². The zero-order valence-electron chi connectivity index (χ0n) is 47.0. The van der Waals surface area contributed by atoms with Gasteiger partial charge in [-0.1, -0.05) is 84.3 Å². The van der Waals surface area contributed by atoms with Crippen molar-refractivity contribution in [2.24, 2.45) is 5.92 Å². The van der Waals surface area contributed by atoms with E-state index in [-0.39, 0.29) is 35.4 Å². The highest BCUT2D eigenvalue weighted by atomic mass is 16.6. The number of ether oxygens (including phenoxy) is 1. The molecular weight excluding hydrogens is 1000 g/mol. The van der Waals surface area contributed by atoms with E-state index < -0.39 is 54.2 Å². The van der Waals surface area contributed by atoms with Crippen LogP contribution in [-0.2, 0) is 31.0 Å². The van der Waals surface area contributed by atoms with Gasteiger partial charge in [0.25, 0.3) is 11.8 Å². The number of unbranched alkanes of at least 4 members (excludes halogenated alkanes) is 10. The third-order valence-electron chi connectivity index (χ3n) is 16.7. The zero-order chi connectivity index (χ0) is 55.8. The number of H-pyrrole nitrogens is 1. The molecule has 2 unspecified atom stereocenters. The molecule has 3 aromatic heterocycles. The molecule has 19 nitrogen and oxygen atoms in total. The van der Waals surface area contributed by atoms with Crippen molar-refractivity contribution in [1.82, 2.24) is 44.6 Å². The van der Waals surface area contributed by atoms with Crippen LogP contribution in [-0.4, -0.2) is 135 Å². The number of aromatic nitrogens is 6. The van der Waals surface area contributed by atoms with Crippen molar-refractivity contribution in [3.05, 3.63) is 71.6 Å². The van der Waals surface area contributed by atoms with Gasteiger partial charge in [-0.25, -0.2) is 19.9 Å². The maximum atomic E-state index is 13.3. The van der Waals surface area contributed by atoms with Gasteiger partial charge in [-0.15, -0.1) is 0 Å². The van der Waals surface area contributed by atoms with Crippen LogP contribution in [0.3, 0.4) is 0 Å². The number of aromatic amines is 1. The Morgan fingerprint density at radius 3 is 2.25 bits per heavy atom. The minimum absolute atomic E-state index is 0.0842. The van der Waals surface area contributed by atoms with Crippen molar-refractivity contribution in [2.75, 3.05) is 30.3 Å². The number of hydrogen-bond acceptors (Lipinski definition) is 15. The summed E-state index contributed by atoms with van der Waals surface area (Å²) >= 11 is 0. The van der Waals surface area contributed by atoms with Crippen LogP contribution in [0, 0.1) is 5.92 Å². The fraction of sp³-hybridized carbons (Fsp3) is 0.617. The highest BCUT2D eigenvalue weighted by Crippen LogP contribution is 2.39. The zero-order valence-corrected chi connectivity index (χ0v) is 47.0. The van der Waals surface area contributed by atoms with Gasteiger partial charge in [-0.05, 0) is 106 Å². The van der Waals surface area contributed by atoms with Crippen LogP contribution in [0.15, 0.2) is 49.1 Å². The van der Waals surface area contributed by atoms with E-state index >= 15 is 0 Å². The first-order valence-electron chi connectivity index (χ1n) is 29.3. The van der Waals surface area contributed by atoms with Crippen molar-refractivity contribution in [2.45, 2.75) is 211 Å². The Morgan fingerprint density at radius 2 is 1.54 bits per heavy atom. The van der Waals surface area contributed by atoms with Crippen LogP contribution in [0.1, 0.15) is 195 Å². The first kappa shape index (κ1) is 57.5. The molecule has 6 heterocycles. The molecule has 1 saturated carbocycles. The summed E-state index contributed by atoms with van der Waals surface area (Å²) < 4.78 is 8.15. The number of nitrogens with zero attached hydrogens (tertiary/aromatic N) is 7. The SMILES string of the molecule is CC(C)N(C[C@H]1O[C@@H](n2cnc3c(NCCCCCC(=O)CCCCCCCCCCCNc4cccc5c4C(=O)N(C4CCC(=O)NC4=O)C5=O)ncnc32)[C@@H](O)C1O)C1CC(CCc2nc3ccc(C(C)(C)C)cc3[nH]2)C1. The van der Waals surface area contributed by atoms with E-state index in [0.29, 0.717) is 72.9 Å². The molecule has 3 aliphatic heterocycles. The Labute approximate surface area is 463 Å². The van der Waals surface area contributed by atoms with Crippen LogP contribution >= 0.6 is 0 Å². The fourth-order valence-corrected chi connectivity index (χ4v) is 12.0. The van der Waals surface area contributed by atoms with Crippen molar-refractivity contribution in [1.29, 1.82) is 0 Å². The number of nitrogens with one attached hydrogen (secondary N) is 4. The summed E-state index contributed by atoms with van der Waals surface area (Å²) in [6, 6.07) is 11.3. The normalized spacial score (nSPS) is 22.4. The number of piperidine rings is 1. The molecule has 6 N–H and O–H groups in total. The Kier molecular flexibility index (Phi) is 18.9. The number of Topliss-reactive ketones (excluding diaryl/α,β-unsaturated/α-hetero) is 1. The number of benzene rings is 2. The van der Waals surface area contributed by atoms with E-state index in [1.54, 1.807) is 29.1 Å². The van der Waals surface area contributed by atoms with Crippen molar-refractivity contribution < 1.29 is 38.9 Å². The average Bonchev–Trinajstić information content (AvgIpc) is 4.15. The van der Waals surface area contributed by atoms with E-state index in [1.165, 1.54) is 11.9 Å². The number of fused-ring (bicyclic) bond motifs is 3. The standard InChI is InChI=1S/C60H83N11O8/c1-37(2)69(40-31-38(32-40)23-27-48-66-43-25-24-39(60(3,4)5)33-45(43)67-48)34-47-52(74)53(75)59(79-47)70-36-65-51-54(63-35-64-55(51)70)62-30-17-13-15-20-41(72)19-14-11-9-7-6-8-10-12-16-29-61-44-22-18-21-42-50(44)58(78)71(57(42)77)46-26-28-49(73)68-56(46)76/h18,21-22,24-25,33,35-38,40,46-47,52-53,59,61,74-75H,6-17,19-20,23,26-32,34H2,1-5H3,(H,66,67)(H,62,63,64)(H,68,73,76)/t38?,40?,46?,47-,52?,53+,59-/m1/s1. The van der Waals surface area contributed by atoms with E-state index in [4.69, 9.17) is 9.72 Å². The highest BCUT2D eigenvalue weighted by molar-refractivity contribution is 6.25. The molecule has 9 rings (SSSR count). The lowest BCUT2D eigenvalue weighted by molar-refractivity contribution is -0.136. The lowest BCUT2D eigenvalue weighted by atomic mass is 9.76. The Hall–Kier alpha value is -6.15. The number of aryl methyl sites for hydroxylation is 1. The molecule has 79 heavy (non-hydrogen) atoms. The largest absolute Gasteiger partial charge is 0.387 e.